The van der Waals surface area contributed by atoms with Crippen molar-refractivity contribution in [2.24, 2.45) is 16.5 Å². The molecule has 1 aromatic carbocycles. The number of amides is 1. The summed E-state index contributed by atoms with van der Waals surface area (Å²) >= 11 is 0. The van der Waals surface area contributed by atoms with Crippen LogP contribution in [0.4, 0.5) is 8.78 Å². The van der Waals surface area contributed by atoms with Crippen LogP contribution < -0.4 is 11.5 Å². The Bertz CT molecular complexity index is 758. The molecule has 4 N–H and O–H groups in total. The van der Waals surface area contributed by atoms with Crippen molar-refractivity contribution < 1.29 is 22.0 Å². The van der Waals surface area contributed by atoms with E-state index in [2.05, 4.69) is 4.99 Å². The van der Waals surface area contributed by atoms with Crippen LogP contribution in [0.1, 0.15) is 60.5 Å². The van der Waals surface area contributed by atoms with Gasteiger partial charge in [0.25, 0.3) is 12.3 Å². The number of benzene rings is 1. The topological polar surface area (TPSA) is 116 Å². The van der Waals surface area contributed by atoms with Crippen molar-refractivity contribution in [2.45, 2.75) is 50.3 Å². The normalized spacial score (nSPS) is 11.6. The molecule has 1 aromatic rings. The van der Waals surface area contributed by atoms with E-state index in [9.17, 15) is 22.0 Å². The first-order chi connectivity index (χ1) is 11.6. The van der Waals surface area contributed by atoms with Crippen molar-refractivity contribution in [3.05, 3.63) is 28.8 Å². The summed E-state index contributed by atoms with van der Waals surface area (Å²) in [5.41, 5.74) is 9.13. The summed E-state index contributed by atoms with van der Waals surface area (Å²) in [7, 11) is -3.98. The number of aliphatic imine (C=N–C) groups is 1. The highest BCUT2D eigenvalue weighted by Gasteiger charge is 2.29. The van der Waals surface area contributed by atoms with Gasteiger partial charge in [0, 0.05) is 11.8 Å². The van der Waals surface area contributed by atoms with Crippen LogP contribution in [0.25, 0.3) is 0 Å². The van der Waals surface area contributed by atoms with E-state index >= 15 is 0 Å². The Morgan fingerprint density at radius 2 is 1.84 bits per heavy atom. The molecule has 9 heteroatoms. The van der Waals surface area contributed by atoms with Gasteiger partial charge in [-0.1, -0.05) is 32.3 Å². The molecule has 1 amide bonds. The van der Waals surface area contributed by atoms with Crippen LogP contribution in [0.2, 0.25) is 0 Å². The van der Waals surface area contributed by atoms with Gasteiger partial charge in [0.05, 0.1) is 10.5 Å². The zero-order chi connectivity index (χ0) is 19.2. The summed E-state index contributed by atoms with van der Waals surface area (Å²) < 4.78 is 51.5. The van der Waals surface area contributed by atoms with Crippen molar-refractivity contribution in [3.63, 3.8) is 0 Å². The van der Waals surface area contributed by atoms with Gasteiger partial charge in [-0.3, -0.25) is 4.79 Å². The molecular formula is C16H23F2N3O3S. The highest BCUT2D eigenvalue weighted by Crippen LogP contribution is 2.34. The van der Waals surface area contributed by atoms with Crippen molar-refractivity contribution >= 4 is 21.7 Å². The van der Waals surface area contributed by atoms with Gasteiger partial charge >= 0.3 is 0 Å². The number of unbranched alkanes of at least 4 members (excludes halogenated alkanes) is 3. The van der Waals surface area contributed by atoms with Crippen LogP contribution in [0.5, 0.6) is 0 Å². The number of aryl methyl sites for hydroxylation is 1. The molecule has 0 radical (unpaired) electrons. The number of alkyl halides is 2. The average molecular weight is 375 g/mol. The van der Waals surface area contributed by atoms with E-state index in [4.69, 9.17) is 11.5 Å². The number of halogens is 2. The SMILES string of the molecule is CCCCCCc1ccc(C(=O)N=C(N)N)c(C(F)F)c1S(C)(=O)=O. The number of guanidine groups is 1. The first-order valence-corrected chi connectivity index (χ1v) is 9.76. The fourth-order valence-corrected chi connectivity index (χ4v) is 3.85. The van der Waals surface area contributed by atoms with Crippen LogP contribution in [0, 0.1) is 0 Å². The van der Waals surface area contributed by atoms with Crippen molar-refractivity contribution in [1.29, 1.82) is 0 Å². The first kappa shape index (κ1) is 21.0. The Morgan fingerprint density at radius 1 is 1.20 bits per heavy atom. The van der Waals surface area contributed by atoms with Crippen molar-refractivity contribution in [1.82, 2.24) is 0 Å². The summed E-state index contributed by atoms with van der Waals surface area (Å²) in [6.07, 6.45) is 1.51. The number of sulfone groups is 1. The fraction of sp³-hybridized carbons (Fsp3) is 0.500. The van der Waals surface area contributed by atoms with E-state index in [-0.39, 0.29) is 5.56 Å². The predicted molar refractivity (Wildman–Crippen MR) is 92.5 cm³/mol. The maximum Gasteiger partial charge on any atom is 0.280 e. The zero-order valence-electron chi connectivity index (χ0n) is 14.3. The molecule has 1 rings (SSSR count). The highest BCUT2D eigenvalue weighted by atomic mass is 32.2. The van der Waals surface area contributed by atoms with Gasteiger partial charge in [-0.05, 0) is 24.5 Å². The molecule has 0 atom stereocenters. The number of rotatable bonds is 8. The van der Waals surface area contributed by atoms with Gasteiger partial charge in [-0.15, -0.1) is 0 Å². The standard InChI is InChI=1S/C16H23F2N3O3S/c1-3-4-5-6-7-10-8-9-11(15(22)21-16(19)20)12(14(17)18)13(10)25(2,23)24/h8-9,14H,3-7H2,1-2H3,(H4,19,20,21,22). The molecule has 0 bridgehead atoms. The third-order valence-electron chi connectivity index (χ3n) is 3.63. The van der Waals surface area contributed by atoms with E-state index < -0.39 is 44.2 Å². The highest BCUT2D eigenvalue weighted by molar-refractivity contribution is 7.90. The molecule has 0 heterocycles. The summed E-state index contributed by atoms with van der Waals surface area (Å²) in [6, 6.07) is 2.53. The van der Waals surface area contributed by atoms with Crippen molar-refractivity contribution in [2.75, 3.05) is 6.26 Å². The van der Waals surface area contributed by atoms with Gasteiger partial charge in [0.15, 0.2) is 15.8 Å². The average Bonchev–Trinajstić information content (AvgIpc) is 2.48. The second kappa shape index (κ2) is 8.89. The molecule has 6 nitrogen and oxygen atoms in total. The molecule has 0 spiro atoms. The lowest BCUT2D eigenvalue weighted by Gasteiger charge is -2.16. The van der Waals surface area contributed by atoms with E-state index in [1.54, 1.807) is 0 Å². The Morgan fingerprint density at radius 3 is 2.32 bits per heavy atom. The largest absolute Gasteiger partial charge is 0.370 e. The third-order valence-corrected chi connectivity index (χ3v) is 4.85. The second-order valence-electron chi connectivity index (χ2n) is 5.74. The number of carbonyl (C=O) groups excluding carboxylic acids is 1. The molecule has 140 valence electrons. The number of hydrogen-bond acceptors (Lipinski definition) is 3. The number of hydrogen-bond donors (Lipinski definition) is 2. The van der Waals surface area contributed by atoms with E-state index in [0.717, 1.165) is 31.6 Å². The minimum absolute atomic E-state index is 0.273. The summed E-state index contributed by atoms with van der Waals surface area (Å²) in [4.78, 5) is 14.7. The number of nitrogens with two attached hydrogens (primary N) is 2. The van der Waals surface area contributed by atoms with E-state index in [1.165, 1.54) is 6.07 Å². The lowest BCUT2D eigenvalue weighted by Crippen LogP contribution is -2.24. The fourth-order valence-electron chi connectivity index (χ4n) is 2.60. The number of nitrogens with zero attached hydrogens (tertiary/aromatic N) is 1. The summed E-state index contributed by atoms with van der Waals surface area (Å²) in [5.74, 6) is -1.69. The predicted octanol–water partition coefficient (Wildman–Crippen LogP) is 2.56. The maximum atomic E-state index is 13.6. The molecule has 0 aliphatic rings. The molecular weight excluding hydrogens is 352 g/mol. The first-order valence-electron chi connectivity index (χ1n) is 7.87. The molecule has 0 saturated heterocycles. The van der Waals surface area contributed by atoms with Crippen molar-refractivity contribution in [3.8, 4) is 0 Å². The smallest absolute Gasteiger partial charge is 0.280 e. The van der Waals surface area contributed by atoms with E-state index in [1.807, 2.05) is 6.92 Å². The van der Waals surface area contributed by atoms with Crippen LogP contribution in [0.15, 0.2) is 22.0 Å². The Kier molecular flexibility index (Phi) is 7.47. The molecule has 0 saturated carbocycles. The third kappa shape index (κ3) is 5.77. The lowest BCUT2D eigenvalue weighted by atomic mass is 9.99. The molecule has 25 heavy (non-hydrogen) atoms. The molecule has 0 aliphatic heterocycles. The van der Waals surface area contributed by atoms with Crippen LogP contribution in [0.3, 0.4) is 0 Å². The van der Waals surface area contributed by atoms with Gasteiger partial charge in [0.1, 0.15) is 0 Å². The summed E-state index contributed by atoms with van der Waals surface area (Å²) in [6.45, 7) is 2.03. The monoisotopic (exact) mass is 375 g/mol. The zero-order valence-corrected chi connectivity index (χ0v) is 15.1. The summed E-state index contributed by atoms with van der Waals surface area (Å²) in [5, 5.41) is 0. The Balaban J connectivity index is 3.51. The molecule has 0 aliphatic carbocycles. The molecule has 0 aromatic heterocycles. The quantitative estimate of drug-likeness (QED) is 0.411. The minimum atomic E-state index is -3.98. The van der Waals surface area contributed by atoms with Crippen LogP contribution in [-0.2, 0) is 16.3 Å². The van der Waals surface area contributed by atoms with Gasteiger partial charge in [0.2, 0.25) is 0 Å². The van der Waals surface area contributed by atoms with Crippen LogP contribution >= 0.6 is 0 Å². The van der Waals surface area contributed by atoms with Crippen LogP contribution in [-0.4, -0.2) is 26.5 Å². The Hall–Kier alpha value is -2.03. The van der Waals surface area contributed by atoms with Gasteiger partial charge < -0.3 is 11.5 Å². The Labute approximate surface area is 146 Å². The van der Waals surface area contributed by atoms with Gasteiger partial charge in [-0.2, -0.15) is 4.99 Å². The number of carbonyl (C=O) groups is 1. The lowest BCUT2D eigenvalue weighted by molar-refractivity contribution is 0.0986. The van der Waals surface area contributed by atoms with E-state index in [0.29, 0.717) is 12.8 Å². The second-order valence-corrected chi connectivity index (χ2v) is 7.69. The molecule has 0 unspecified atom stereocenters. The molecule has 0 fully saturated rings. The minimum Gasteiger partial charge on any atom is -0.370 e. The maximum absolute atomic E-state index is 13.6. The van der Waals surface area contributed by atoms with Gasteiger partial charge in [-0.25, -0.2) is 17.2 Å².